The largest absolute Gasteiger partial charge is 0.497 e. The Hall–Kier alpha value is -1.59. The predicted molar refractivity (Wildman–Crippen MR) is 90.6 cm³/mol. The molecule has 0 saturated heterocycles. The Kier molecular flexibility index (Phi) is 5.74. The fraction of sp³-hybridized carbons (Fsp3) is 0.632. The van der Waals surface area contributed by atoms with Crippen molar-refractivity contribution >= 4 is 5.91 Å². The van der Waals surface area contributed by atoms with Gasteiger partial charge in [0, 0.05) is 12.5 Å². The zero-order chi connectivity index (χ0) is 16.9. The molecule has 4 atom stereocenters. The molecule has 0 aliphatic heterocycles. The average molecular weight is 333 g/mol. The summed E-state index contributed by atoms with van der Waals surface area (Å²) >= 11 is 0. The van der Waals surface area contributed by atoms with E-state index in [1.54, 1.807) is 7.11 Å². The lowest BCUT2D eigenvalue weighted by Gasteiger charge is -2.21. The fourth-order valence-electron chi connectivity index (χ4n) is 4.01. The van der Waals surface area contributed by atoms with Crippen molar-refractivity contribution in [2.24, 2.45) is 17.8 Å². The highest BCUT2D eigenvalue weighted by Gasteiger charge is 2.42. The molecule has 2 bridgehead atoms. The van der Waals surface area contributed by atoms with Crippen LogP contribution in [0, 0.1) is 17.8 Å². The quantitative estimate of drug-likeness (QED) is 0.765. The normalized spacial score (nSPS) is 26.3. The second kappa shape index (κ2) is 7.99. The van der Waals surface area contributed by atoms with Gasteiger partial charge < -0.3 is 19.9 Å². The number of hydrogen-bond acceptors (Lipinski definition) is 4. The molecule has 2 fully saturated rings. The van der Waals surface area contributed by atoms with Crippen molar-refractivity contribution in [3.63, 3.8) is 0 Å². The van der Waals surface area contributed by atoms with Crippen LogP contribution in [0.2, 0.25) is 0 Å². The van der Waals surface area contributed by atoms with E-state index in [1.165, 1.54) is 19.3 Å². The highest BCUT2D eigenvalue weighted by atomic mass is 16.5. The first-order valence-corrected chi connectivity index (χ1v) is 8.82. The van der Waals surface area contributed by atoms with Gasteiger partial charge in [-0.1, -0.05) is 18.6 Å². The molecular weight excluding hydrogens is 306 g/mol. The van der Waals surface area contributed by atoms with Gasteiger partial charge in [0.05, 0.1) is 26.4 Å². The second-order valence-corrected chi connectivity index (χ2v) is 7.04. The minimum absolute atomic E-state index is 0.108. The van der Waals surface area contributed by atoms with Crippen molar-refractivity contribution in [1.82, 2.24) is 5.32 Å². The third-order valence-electron chi connectivity index (χ3n) is 5.32. The molecule has 2 saturated carbocycles. The summed E-state index contributed by atoms with van der Waals surface area (Å²) in [5, 5.41) is 12.9. The minimum atomic E-state index is -0.675. The van der Waals surface area contributed by atoms with Gasteiger partial charge in [0.15, 0.2) is 0 Å². The van der Waals surface area contributed by atoms with Crippen LogP contribution in [0.3, 0.4) is 0 Å². The Bertz CT molecular complexity index is 545. The lowest BCUT2D eigenvalue weighted by atomic mass is 9.88. The first kappa shape index (κ1) is 17.2. The highest BCUT2D eigenvalue weighted by Crippen LogP contribution is 2.48. The van der Waals surface area contributed by atoms with Crippen molar-refractivity contribution in [3.8, 4) is 5.75 Å². The maximum absolute atomic E-state index is 12.2. The molecule has 2 aliphatic rings. The first-order valence-electron chi connectivity index (χ1n) is 8.82. The molecule has 1 aromatic carbocycles. The molecule has 5 nitrogen and oxygen atoms in total. The van der Waals surface area contributed by atoms with Crippen LogP contribution in [0.5, 0.6) is 5.75 Å². The Labute approximate surface area is 143 Å². The Morgan fingerprint density at radius 1 is 1.29 bits per heavy atom. The molecule has 5 heteroatoms. The summed E-state index contributed by atoms with van der Waals surface area (Å²) in [7, 11) is 1.63. The summed E-state index contributed by atoms with van der Waals surface area (Å²) < 4.78 is 10.6. The number of hydrogen-bond donors (Lipinski definition) is 2. The van der Waals surface area contributed by atoms with Crippen LogP contribution in [0.15, 0.2) is 24.3 Å². The molecule has 1 amide bonds. The minimum Gasteiger partial charge on any atom is -0.497 e. The maximum atomic E-state index is 12.2. The van der Waals surface area contributed by atoms with E-state index in [0.717, 1.165) is 23.7 Å². The van der Waals surface area contributed by atoms with Crippen LogP contribution in [-0.4, -0.2) is 37.4 Å². The van der Waals surface area contributed by atoms with E-state index in [9.17, 15) is 9.90 Å². The molecule has 0 heterocycles. The Morgan fingerprint density at radius 3 is 2.71 bits per heavy atom. The number of aliphatic hydroxyl groups excluding tert-OH is 1. The molecule has 2 N–H and O–H groups in total. The van der Waals surface area contributed by atoms with E-state index >= 15 is 0 Å². The Balaban J connectivity index is 1.32. The third-order valence-corrected chi connectivity index (χ3v) is 5.32. The van der Waals surface area contributed by atoms with Gasteiger partial charge in [-0.3, -0.25) is 4.79 Å². The van der Waals surface area contributed by atoms with Gasteiger partial charge in [-0.2, -0.15) is 0 Å². The lowest BCUT2D eigenvalue weighted by Crippen LogP contribution is -2.39. The molecule has 3 rings (SSSR count). The van der Waals surface area contributed by atoms with Crippen molar-refractivity contribution in [1.29, 1.82) is 0 Å². The van der Waals surface area contributed by atoms with Crippen LogP contribution in [-0.2, 0) is 16.1 Å². The van der Waals surface area contributed by atoms with E-state index in [0.29, 0.717) is 12.5 Å². The zero-order valence-electron chi connectivity index (χ0n) is 14.2. The fourth-order valence-corrected chi connectivity index (χ4v) is 4.01. The van der Waals surface area contributed by atoms with Gasteiger partial charge in [-0.15, -0.1) is 0 Å². The van der Waals surface area contributed by atoms with E-state index in [2.05, 4.69) is 5.32 Å². The molecule has 0 unspecified atom stereocenters. The van der Waals surface area contributed by atoms with Gasteiger partial charge in [0.1, 0.15) is 5.75 Å². The molecule has 0 aromatic heterocycles. The van der Waals surface area contributed by atoms with Crippen molar-refractivity contribution < 1.29 is 19.4 Å². The van der Waals surface area contributed by atoms with Crippen LogP contribution in [0.25, 0.3) is 0 Å². The number of nitrogens with one attached hydrogen (secondary N) is 1. The third kappa shape index (κ3) is 4.28. The number of carbonyl (C=O) groups excluding carboxylic acids is 1. The van der Waals surface area contributed by atoms with Crippen molar-refractivity contribution in [2.75, 3.05) is 20.3 Å². The number of rotatable bonds is 8. The lowest BCUT2D eigenvalue weighted by molar-refractivity contribution is -0.127. The van der Waals surface area contributed by atoms with Crippen LogP contribution in [0.4, 0.5) is 0 Å². The van der Waals surface area contributed by atoms with Gasteiger partial charge in [0.2, 0.25) is 5.91 Å². The smallest absolute Gasteiger partial charge is 0.223 e. The van der Waals surface area contributed by atoms with Gasteiger partial charge in [0.25, 0.3) is 0 Å². The van der Waals surface area contributed by atoms with Crippen LogP contribution < -0.4 is 10.1 Å². The van der Waals surface area contributed by atoms with Crippen LogP contribution in [0.1, 0.15) is 31.2 Å². The summed E-state index contributed by atoms with van der Waals surface area (Å²) in [5.74, 6) is 2.40. The molecule has 0 radical (unpaired) electrons. The number of methoxy groups -OCH3 is 1. The molecule has 0 spiro atoms. The number of fused-ring (bicyclic) bond motifs is 2. The van der Waals surface area contributed by atoms with Gasteiger partial charge in [-0.05, 0) is 48.8 Å². The molecule has 132 valence electrons. The SMILES string of the molecule is COc1ccc(COC[C@@H](O)CNC(=O)[C@@H]2C[C@H]3CC[C@H]2C3)cc1. The summed E-state index contributed by atoms with van der Waals surface area (Å²) in [6, 6.07) is 7.62. The van der Waals surface area contributed by atoms with Gasteiger partial charge >= 0.3 is 0 Å². The molecule has 24 heavy (non-hydrogen) atoms. The Morgan fingerprint density at radius 2 is 2.08 bits per heavy atom. The number of carbonyl (C=O) groups is 1. The van der Waals surface area contributed by atoms with Gasteiger partial charge in [-0.25, -0.2) is 0 Å². The monoisotopic (exact) mass is 333 g/mol. The van der Waals surface area contributed by atoms with Crippen molar-refractivity contribution in [3.05, 3.63) is 29.8 Å². The number of ether oxygens (including phenoxy) is 2. The van der Waals surface area contributed by atoms with E-state index in [1.807, 2.05) is 24.3 Å². The number of amides is 1. The summed E-state index contributed by atoms with van der Waals surface area (Å²) in [4.78, 5) is 12.2. The zero-order valence-corrected chi connectivity index (χ0v) is 14.2. The number of aliphatic hydroxyl groups is 1. The topological polar surface area (TPSA) is 67.8 Å². The number of benzene rings is 1. The summed E-state index contributed by atoms with van der Waals surface area (Å²) in [6.07, 6.45) is 4.05. The molecule has 2 aliphatic carbocycles. The van der Waals surface area contributed by atoms with Crippen molar-refractivity contribution in [2.45, 2.75) is 38.4 Å². The van der Waals surface area contributed by atoms with Crippen LogP contribution >= 0.6 is 0 Å². The first-order chi connectivity index (χ1) is 11.7. The van der Waals surface area contributed by atoms with E-state index < -0.39 is 6.10 Å². The van der Waals surface area contributed by atoms with E-state index in [4.69, 9.17) is 9.47 Å². The maximum Gasteiger partial charge on any atom is 0.223 e. The highest BCUT2D eigenvalue weighted by molar-refractivity contribution is 5.79. The predicted octanol–water partition coefficient (Wildman–Crippen LogP) is 2.13. The summed E-state index contributed by atoms with van der Waals surface area (Å²) in [6.45, 7) is 0.903. The van der Waals surface area contributed by atoms with E-state index in [-0.39, 0.29) is 25.0 Å². The molecular formula is C19H27NO4. The second-order valence-electron chi connectivity index (χ2n) is 7.04. The summed E-state index contributed by atoms with van der Waals surface area (Å²) in [5.41, 5.74) is 1.02. The standard InChI is InChI=1S/C19H27NO4/c1-23-17-6-3-13(4-7-17)11-24-12-16(21)10-20-19(22)18-9-14-2-5-15(18)8-14/h3-4,6-7,14-16,18,21H,2,5,8-12H2,1H3,(H,20,22)/t14-,15-,16-,18+/m0/s1. The molecule has 1 aromatic rings. The average Bonchev–Trinajstić information content (AvgIpc) is 3.23.